The molecule has 2 rings (SSSR count). The molecule has 1 aliphatic heterocycles. The van der Waals surface area contributed by atoms with Crippen LogP contribution < -0.4 is 5.32 Å². The molecule has 1 saturated heterocycles. The van der Waals surface area contributed by atoms with Crippen LogP contribution in [0.4, 0.5) is 0 Å². The molecule has 108 valence electrons. The molecule has 0 aliphatic carbocycles. The van der Waals surface area contributed by atoms with Gasteiger partial charge in [-0.3, -0.25) is 4.90 Å². The van der Waals surface area contributed by atoms with Crippen molar-refractivity contribution in [2.45, 2.75) is 13.0 Å². The van der Waals surface area contributed by atoms with Crippen LogP contribution >= 0.6 is 40.7 Å². The van der Waals surface area contributed by atoms with Crippen LogP contribution in [-0.2, 0) is 0 Å². The SMILES string of the molecule is C=C[C@@H](c1ccc(C)cc1Br)N1CCNCC1.Cl.Cl. The smallest absolute Gasteiger partial charge is 0.0541 e. The van der Waals surface area contributed by atoms with E-state index in [1.807, 2.05) is 6.08 Å². The maximum Gasteiger partial charge on any atom is 0.0541 e. The Kier molecular flexibility index (Phi) is 8.95. The highest BCUT2D eigenvalue weighted by Gasteiger charge is 2.20. The van der Waals surface area contributed by atoms with Crippen LogP contribution in [-0.4, -0.2) is 31.1 Å². The molecule has 0 unspecified atom stereocenters. The summed E-state index contributed by atoms with van der Waals surface area (Å²) in [5.41, 5.74) is 2.59. The van der Waals surface area contributed by atoms with Crippen LogP contribution in [0.25, 0.3) is 0 Å². The number of nitrogens with zero attached hydrogens (tertiary/aromatic N) is 1. The maximum atomic E-state index is 3.99. The molecule has 5 heteroatoms. The van der Waals surface area contributed by atoms with E-state index in [4.69, 9.17) is 0 Å². The van der Waals surface area contributed by atoms with Crippen molar-refractivity contribution in [1.29, 1.82) is 0 Å². The van der Waals surface area contributed by atoms with Crippen molar-refractivity contribution in [2.24, 2.45) is 0 Å². The average Bonchev–Trinajstić information content (AvgIpc) is 2.34. The van der Waals surface area contributed by atoms with Crippen LogP contribution in [0, 0.1) is 6.92 Å². The Labute approximate surface area is 136 Å². The Morgan fingerprint density at radius 3 is 2.47 bits per heavy atom. The lowest BCUT2D eigenvalue weighted by molar-refractivity contribution is 0.203. The molecule has 1 N–H and O–H groups in total. The second-order valence-electron chi connectivity index (χ2n) is 4.49. The molecular formula is C14H21BrCl2N2. The minimum atomic E-state index is 0. The van der Waals surface area contributed by atoms with Crippen LogP contribution in [0.5, 0.6) is 0 Å². The number of rotatable bonds is 3. The van der Waals surface area contributed by atoms with Crippen molar-refractivity contribution >= 4 is 40.7 Å². The number of hydrogen-bond donors (Lipinski definition) is 1. The second-order valence-corrected chi connectivity index (χ2v) is 5.35. The van der Waals surface area contributed by atoms with Crippen LogP contribution in [0.1, 0.15) is 17.2 Å². The normalized spacial score (nSPS) is 16.9. The molecule has 1 aromatic rings. The van der Waals surface area contributed by atoms with E-state index >= 15 is 0 Å². The lowest BCUT2D eigenvalue weighted by atomic mass is 10.0. The topological polar surface area (TPSA) is 15.3 Å². The molecule has 0 radical (unpaired) electrons. The number of hydrogen-bond acceptors (Lipinski definition) is 2. The summed E-state index contributed by atoms with van der Waals surface area (Å²) in [6, 6.07) is 6.85. The number of aryl methyl sites for hydroxylation is 1. The number of piperazine rings is 1. The average molecular weight is 368 g/mol. The van der Waals surface area contributed by atoms with E-state index in [2.05, 4.69) is 57.8 Å². The first kappa shape index (κ1) is 18.9. The molecule has 1 fully saturated rings. The van der Waals surface area contributed by atoms with Crippen LogP contribution in [0.15, 0.2) is 35.3 Å². The molecule has 1 aliphatic rings. The third-order valence-electron chi connectivity index (χ3n) is 3.24. The highest BCUT2D eigenvalue weighted by molar-refractivity contribution is 9.10. The van der Waals surface area contributed by atoms with Crippen LogP contribution in [0.2, 0.25) is 0 Å². The number of halogens is 3. The first-order chi connectivity index (χ1) is 8.22. The van der Waals surface area contributed by atoms with E-state index in [-0.39, 0.29) is 24.8 Å². The minimum absolute atomic E-state index is 0. The molecule has 1 atom stereocenters. The van der Waals surface area contributed by atoms with Gasteiger partial charge in [-0.1, -0.05) is 34.1 Å². The van der Waals surface area contributed by atoms with E-state index in [9.17, 15) is 0 Å². The monoisotopic (exact) mass is 366 g/mol. The summed E-state index contributed by atoms with van der Waals surface area (Å²) in [4.78, 5) is 2.47. The van der Waals surface area contributed by atoms with Gasteiger partial charge in [0.05, 0.1) is 6.04 Å². The fourth-order valence-electron chi connectivity index (χ4n) is 2.31. The van der Waals surface area contributed by atoms with E-state index in [0.717, 1.165) is 26.2 Å². The zero-order valence-corrected chi connectivity index (χ0v) is 14.3. The fraction of sp³-hybridized carbons (Fsp3) is 0.429. The molecule has 0 saturated carbocycles. The molecule has 19 heavy (non-hydrogen) atoms. The van der Waals surface area contributed by atoms with Gasteiger partial charge in [-0.25, -0.2) is 0 Å². The molecular weight excluding hydrogens is 347 g/mol. The molecule has 0 aromatic heterocycles. The summed E-state index contributed by atoms with van der Waals surface area (Å²) in [5, 5.41) is 3.38. The molecule has 1 heterocycles. The van der Waals surface area contributed by atoms with E-state index in [1.54, 1.807) is 0 Å². The van der Waals surface area contributed by atoms with Gasteiger partial charge < -0.3 is 5.32 Å². The summed E-state index contributed by atoms with van der Waals surface area (Å²) in [6.45, 7) is 10.4. The molecule has 0 amide bonds. The first-order valence-corrected chi connectivity index (χ1v) is 6.85. The van der Waals surface area contributed by atoms with Crippen molar-refractivity contribution in [3.63, 3.8) is 0 Å². The van der Waals surface area contributed by atoms with E-state index in [1.165, 1.54) is 15.6 Å². The zero-order chi connectivity index (χ0) is 12.3. The lowest BCUT2D eigenvalue weighted by Gasteiger charge is -2.34. The number of benzene rings is 1. The van der Waals surface area contributed by atoms with Crippen molar-refractivity contribution < 1.29 is 0 Å². The maximum absolute atomic E-state index is 3.99. The first-order valence-electron chi connectivity index (χ1n) is 6.06. The third-order valence-corrected chi connectivity index (χ3v) is 3.93. The predicted molar refractivity (Wildman–Crippen MR) is 90.8 cm³/mol. The van der Waals surface area contributed by atoms with Gasteiger partial charge in [-0.2, -0.15) is 0 Å². The minimum Gasteiger partial charge on any atom is -0.314 e. The van der Waals surface area contributed by atoms with Gasteiger partial charge >= 0.3 is 0 Å². The predicted octanol–water partition coefficient (Wildman–Crippen LogP) is 3.73. The van der Waals surface area contributed by atoms with E-state index < -0.39 is 0 Å². The highest BCUT2D eigenvalue weighted by Crippen LogP contribution is 2.29. The van der Waals surface area contributed by atoms with Gasteiger partial charge in [0.25, 0.3) is 0 Å². The lowest BCUT2D eigenvalue weighted by Crippen LogP contribution is -2.44. The molecule has 1 aromatic carbocycles. The molecule has 2 nitrogen and oxygen atoms in total. The Morgan fingerprint density at radius 1 is 1.32 bits per heavy atom. The van der Waals surface area contributed by atoms with Gasteiger partial charge in [0.1, 0.15) is 0 Å². The Morgan fingerprint density at radius 2 is 1.95 bits per heavy atom. The van der Waals surface area contributed by atoms with Gasteiger partial charge in [0.15, 0.2) is 0 Å². The molecule has 0 bridgehead atoms. The fourth-order valence-corrected chi connectivity index (χ4v) is 3.03. The van der Waals surface area contributed by atoms with Gasteiger partial charge in [0.2, 0.25) is 0 Å². The van der Waals surface area contributed by atoms with Crippen molar-refractivity contribution in [2.75, 3.05) is 26.2 Å². The van der Waals surface area contributed by atoms with Crippen molar-refractivity contribution in [1.82, 2.24) is 10.2 Å². The quantitative estimate of drug-likeness (QED) is 0.818. The van der Waals surface area contributed by atoms with Gasteiger partial charge in [0, 0.05) is 30.7 Å². The molecule has 0 spiro atoms. The summed E-state index contributed by atoms with van der Waals surface area (Å²) in [7, 11) is 0. The summed E-state index contributed by atoms with van der Waals surface area (Å²) >= 11 is 3.67. The number of nitrogens with one attached hydrogen (secondary N) is 1. The zero-order valence-electron chi connectivity index (χ0n) is 11.1. The van der Waals surface area contributed by atoms with Crippen molar-refractivity contribution in [3.05, 3.63) is 46.5 Å². The Hall–Kier alpha value is -0.0600. The van der Waals surface area contributed by atoms with Crippen LogP contribution in [0.3, 0.4) is 0 Å². The van der Waals surface area contributed by atoms with Crippen molar-refractivity contribution in [3.8, 4) is 0 Å². The third kappa shape index (κ3) is 4.76. The Bertz CT molecular complexity index is 406. The summed E-state index contributed by atoms with van der Waals surface area (Å²) < 4.78 is 1.18. The summed E-state index contributed by atoms with van der Waals surface area (Å²) in [6.07, 6.45) is 2.04. The van der Waals surface area contributed by atoms with Gasteiger partial charge in [-0.05, 0) is 24.1 Å². The van der Waals surface area contributed by atoms with E-state index in [0.29, 0.717) is 6.04 Å². The largest absolute Gasteiger partial charge is 0.314 e. The second kappa shape index (κ2) is 8.98. The summed E-state index contributed by atoms with van der Waals surface area (Å²) in [5.74, 6) is 0. The Balaban J connectivity index is 0.00000162. The van der Waals surface area contributed by atoms with Gasteiger partial charge in [-0.15, -0.1) is 31.4 Å². The highest BCUT2D eigenvalue weighted by atomic mass is 79.9. The standard InChI is InChI=1S/C14H19BrN2.2ClH/c1-3-14(17-8-6-16-7-9-17)12-5-4-11(2)10-13(12)15;;/h3-5,10,14,16H,1,6-9H2,2H3;2*1H/t14-;;/m0../s1.